The highest BCUT2D eigenvalue weighted by atomic mass is 32.2. The lowest BCUT2D eigenvalue weighted by molar-refractivity contribution is 0.606. The Hall–Kier alpha value is -0.690. The van der Waals surface area contributed by atoms with Gasteiger partial charge < -0.3 is 0 Å². The van der Waals surface area contributed by atoms with E-state index in [0.29, 0.717) is 11.0 Å². The van der Waals surface area contributed by atoms with E-state index in [4.69, 9.17) is 0 Å². The Morgan fingerprint density at radius 3 is 2.69 bits per heavy atom. The van der Waals surface area contributed by atoms with Crippen LogP contribution in [0.15, 0.2) is 0 Å². The first-order chi connectivity index (χ1) is 6.04. The highest BCUT2D eigenvalue weighted by Crippen LogP contribution is 2.42. The molecule has 72 valence electrons. The van der Waals surface area contributed by atoms with E-state index in [1.54, 1.807) is 0 Å². The summed E-state index contributed by atoms with van der Waals surface area (Å²) in [5, 5.41) is 8.95. The molecule has 0 amide bonds. The largest absolute Gasteiger partial charge is 0.257 e. The summed E-state index contributed by atoms with van der Waals surface area (Å²) < 4.78 is 23.9. The standard InChI is InChI=1S/C6H9N3O2S2/c1-13(10,11)9-6-8-7-5(12-6)4-2-3-4/h4H,2-3H2,1H3,(H,8,9). The summed E-state index contributed by atoms with van der Waals surface area (Å²) in [5.74, 6) is 0.521. The number of nitrogens with one attached hydrogen (secondary N) is 1. The van der Waals surface area contributed by atoms with Gasteiger partial charge in [-0.2, -0.15) is 0 Å². The van der Waals surface area contributed by atoms with E-state index >= 15 is 0 Å². The Bertz CT molecular complexity index is 407. The summed E-state index contributed by atoms with van der Waals surface area (Å²) in [7, 11) is -3.21. The highest BCUT2D eigenvalue weighted by molar-refractivity contribution is 7.92. The van der Waals surface area contributed by atoms with Crippen LogP contribution in [0.5, 0.6) is 0 Å². The van der Waals surface area contributed by atoms with Crippen molar-refractivity contribution in [1.29, 1.82) is 0 Å². The van der Waals surface area contributed by atoms with E-state index in [2.05, 4.69) is 14.9 Å². The van der Waals surface area contributed by atoms with E-state index < -0.39 is 10.0 Å². The molecule has 1 fully saturated rings. The molecule has 0 atom stereocenters. The molecule has 0 unspecified atom stereocenters. The quantitative estimate of drug-likeness (QED) is 0.815. The van der Waals surface area contributed by atoms with Crippen LogP contribution in [0, 0.1) is 0 Å². The Morgan fingerprint density at radius 2 is 2.15 bits per heavy atom. The van der Waals surface area contributed by atoms with Crippen LogP contribution in [-0.4, -0.2) is 24.9 Å². The van der Waals surface area contributed by atoms with Gasteiger partial charge in [0.1, 0.15) is 5.01 Å². The van der Waals surface area contributed by atoms with Crippen LogP contribution >= 0.6 is 11.3 Å². The second-order valence-electron chi connectivity index (χ2n) is 3.09. The lowest BCUT2D eigenvalue weighted by Crippen LogP contribution is -2.08. The Balaban J connectivity index is 2.13. The first-order valence-electron chi connectivity index (χ1n) is 3.86. The number of hydrogen-bond donors (Lipinski definition) is 1. The predicted molar refractivity (Wildman–Crippen MR) is 50.4 cm³/mol. The molecule has 0 bridgehead atoms. The van der Waals surface area contributed by atoms with E-state index in [0.717, 1.165) is 24.1 Å². The molecule has 1 aromatic heterocycles. The second-order valence-corrected chi connectivity index (χ2v) is 5.85. The molecular formula is C6H9N3O2S2. The molecule has 0 radical (unpaired) electrons. The van der Waals surface area contributed by atoms with Crippen molar-refractivity contribution >= 4 is 26.5 Å². The van der Waals surface area contributed by atoms with Gasteiger partial charge >= 0.3 is 0 Å². The van der Waals surface area contributed by atoms with Crippen molar-refractivity contribution in [2.45, 2.75) is 18.8 Å². The van der Waals surface area contributed by atoms with Crippen molar-refractivity contribution in [1.82, 2.24) is 10.2 Å². The van der Waals surface area contributed by atoms with E-state index in [1.807, 2.05) is 0 Å². The summed E-state index contributed by atoms with van der Waals surface area (Å²) in [6.45, 7) is 0. The molecule has 0 saturated heterocycles. The van der Waals surface area contributed by atoms with Gasteiger partial charge in [-0.15, -0.1) is 10.2 Å². The number of hydrogen-bond acceptors (Lipinski definition) is 5. The second kappa shape index (κ2) is 2.91. The van der Waals surface area contributed by atoms with E-state index in [1.165, 1.54) is 11.3 Å². The van der Waals surface area contributed by atoms with Gasteiger partial charge in [-0.25, -0.2) is 8.42 Å². The van der Waals surface area contributed by atoms with Crippen molar-refractivity contribution < 1.29 is 8.42 Å². The van der Waals surface area contributed by atoms with Gasteiger partial charge in [-0.1, -0.05) is 11.3 Å². The molecule has 1 heterocycles. The first-order valence-corrected chi connectivity index (χ1v) is 6.56. The average Bonchev–Trinajstić information content (AvgIpc) is 2.72. The first kappa shape index (κ1) is 8.89. The molecule has 13 heavy (non-hydrogen) atoms. The summed E-state index contributed by atoms with van der Waals surface area (Å²) in [6, 6.07) is 0. The third kappa shape index (κ3) is 2.38. The molecule has 1 aliphatic carbocycles. The van der Waals surface area contributed by atoms with Crippen LogP contribution in [0.4, 0.5) is 5.13 Å². The lowest BCUT2D eigenvalue weighted by Gasteiger charge is -1.94. The lowest BCUT2D eigenvalue weighted by atomic mass is 10.5. The van der Waals surface area contributed by atoms with Gasteiger partial charge in [0.05, 0.1) is 6.26 Å². The van der Waals surface area contributed by atoms with E-state index in [9.17, 15) is 8.42 Å². The summed E-state index contributed by atoms with van der Waals surface area (Å²) in [4.78, 5) is 0. The molecule has 5 nitrogen and oxygen atoms in total. The van der Waals surface area contributed by atoms with Gasteiger partial charge in [0.2, 0.25) is 15.2 Å². The smallest absolute Gasteiger partial charge is 0.231 e. The minimum atomic E-state index is -3.21. The molecular weight excluding hydrogens is 210 g/mol. The van der Waals surface area contributed by atoms with Crippen molar-refractivity contribution in [3.63, 3.8) is 0 Å². The molecule has 1 aliphatic rings. The third-order valence-corrected chi connectivity index (χ3v) is 3.33. The maximum absolute atomic E-state index is 10.8. The minimum Gasteiger partial charge on any atom is -0.257 e. The average molecular weight is 219 g/mol. The number of aromatic nitrogens is 2. The Labute approximate surface area is 80.2 Å². The fourth-order valence-corrected chi connectivity index (χ4v) is 2.67. The summed E-state index contributed by atoms with van der Waals surface area (Å²) in [5.41, 5.74) is 0. The van der Waals surface area contributed by atoms with Crippen molar-refractivity contribution in [3.8, 4) is 0 Å². The molecule has 2 rings (SSSR count). The van der Waals surface area contributed by atoms with Gasteiger partial charge in [0.15, 0.2) is 0 Å². The van der Waals surface area contributed by atoms with Gasteiger partial charge in [-0.05, 0) is 12.8 Å². The summed E-state index contributed by atoms with van der Waals surface area (Å²) >= 11 is 1.32. The van der Waals surface area contributed by atoms with Gasteiger partial charge in [-0.3, -0.25) is 4.72 Å². The summed E-state index contributed by atoms with van der Waals surface area (Å²) in [6.07, 6.45) is 3.40. The zero-order valence-corrected chi connectivity index (χ0v) is 8.65. The normalized spacial score (nSPS) is 17.3. The van der Waals surface area contributed by atoms with Crippen LogP contribution in [0.2, 0.25) is 0 Å². The molecule has 0 spiro atoms. The zero-order chi connectivity index (χ0) is 9.47. The van der Waals surface area contributed by atoms with Crippen LogP contribution in [0.25, 0.3) is 0 Å². The van der Waals surface area contributed by atoms with Crippen LogP contribution in [0.1, 0.15) is 23.8 Å². The fourth-order valence-electron chi connectivity index (χ4n) is 0.930. The van der Waals surface area contributed by atoms with Crippen LogP contribution < -0.4 is 4.72 Å². The topological polar surface area (TPSA) is 72.0 Å². The molecule has 0 aromatic carbocycles. The SMILES string of the molecule is CS(=O)(=O)Nc1nnc(C2CC2)s1. The Kier molecular flexibility index (Phi) is 1.99. The number of nitrogens with zero attached hydrogens (tertiary/aromatic N) is 2. The third-order valence-electron chi connectivity index (χ3n) is 1.64. The monoisotopic (exact) mass is 219 g/mol. The molecule has 1 N–H and O–H groups in total. The zero-order valence-electron chi connectivity index (χ0n) is 7.02. The molecule has 7 heteroatoms. The number of sulfonamides is 1. The number of rotatable bonds is 3. The van der Waals surface area contributed by atoms with Crippen LogP contribution in [-0.2, 0) is 10.0 Å². The van der Waals surface area contributed by atoms with Crippen molar-refractivity contribution in [2.75, 3.05) is 11.0 Å². The van der Waals surface area contributed by atoms with Gasteiger partial charge in [0, 0.05) is 5.92 Å². The minimum absolute atomic E-state index is 0.365. The van der Waals surface area contributed by atoms with Crippen molar-refractivity contribution in [2.24, 2.45) is 0 Å². The van der Waals surface area contributed by atoms with Crippen LogP contribution in [0.3, 0.4) is 0 Å². The number of anilines is 1. The molecule has 1 saturated carbocycles. The van der Waals surface area contributed by atoms with Crippen molar-refractivity contribution in [3.05, 3.63) is 5.01 Å². The maximum Gasteiger partial charge on any atom is 0.231 e. The molecule has 1 aromatic rings. The maximum atomic E-state index is 10.8. The Morgan fingerprint density at radius 1 is 1.46 bits per heavy atom. The fraction of sp³-hybridized carbons (Fsp3) is 0.667. The van der Waals surface area contributed by atoms with E-state index in [-0.39, 0.29) is 0 Å². The van der Waals surface area contributed by atoms with Gasteiger partial charge in [0.25, 0.3) is 0 Å². The highest BCUT2D eigenvalue weighted by Gasteiger charge is 2.27. The molecule has 0 aliphatic heterocycles. The predicted octanol–water partition coefficient (Wildman–Crippen LogP) is 0.787.